The van der Waals surface area contributed by atoms with E-state index in [4.69, 9.17) is 4.74 Å². The third kappa shape index (κ3) is 2.05. The Morgan fingerprint density at radius 1 is 1.47 bits per heavy atom. The van der Waals surface area contributed by atoms with Gasteiger partial charge in [0.2, 0.25) is 0 Å². The summed E-state index contributed by atoms with van der Waals surface area (Å²) >= 11 is 0. The van der Waals surface area contributed by atoms with Gasteiger partial charge in [0.15, 0.2) is 0 Å². The molecule has 17 heavy (non-hydrogen) atoms. The van der Waals surface area contributed by atoms with E-state index in [0.29, 0.717) is 13.1 Å². The Labute approximate surface area is 100.0 Å². The second kappa shape index (κ2) is 4.45. The van der Waals surface area contributed by atoms with Crippen molar-refractivity contribution in [3.05, 3.63) is 35.6 Å². The standard InChI is InChI=1S/C13H16FNO2/c1-13(9-3-5-10(14)6-4-9)8-15-7-11(13)12(16)17-2/h3-6,11,15H,7-8H2,1-2H3. The minimum atomic E-state index is -0.333. The van der Waals surface area contributed by atoms with Gasteiger partial charge < -0.3 is 10.1 Å². The van der Waals surface area contributed by atoms with E-state index in [-0.39, 0.29) is 23.1 Å². The van der Waals surface area contributed by atoms with Crippen molar-refractivity contribution < 1.29 is 13.9 Å². The van der Waals surface area contributed by atoms with E-state index in [1.54, 1.807) is 12.1 Å². The molecule has 1 N–H and O–H groups in total. The van der Waals surface area contributed by atoms with E-state index < -0.39 is 0 Å². The number of methoxy groups -OCH3 is 1. The number of benzene rings is 1. The second-order valence-electron chi connectivity index (χ2n) is 4.63. The summed E-state index contributed by atoms with van der Waals surface area (Å²) in [5.74, 6) is -0.710. The molecule has 1 fully saturated rings. The number of esters is 1. The van der Waals surface area contributed by atoms with Gasteiger partial charge in [-0.3, -0.25) is 4.79 Å². The van der Waals surface area contributed by atoms with Gasteiger partial charge in [-0.2, -0.15) is 0 Å². The molecule has 0 saturated carbocycles. The Morgan fingerprint density at radius 2 is 2.12 bits per heavy atom. The summed E-state index contributed by atoms with van der Waals surface area (Å²) in [6, 6.07) is 6.32. The van der Waals surface area contributed by atoms with Gasteiger partial charge in [-0.05, 0) is 17.7 Å². The Balaban J connectivity index is 2.34. The number of halogens is 1. The molecule has 92 valence electrons. The van der Waals surface area contributed by atoms with Gasteiger partial charge in [0.1, 0.15) is 5.82 Å². The van der Waals surface area contributed by atoms with Crippen LogP contribution in [0.2, 0.25) is 0 Å². The highest BCUT2D eigenvalue weighted by molar-refractivity contribution is 5.75. The molecule has 2 rings (SSSR count). The normalized spacial score (nSPS) is 28.1. The summed E-state index contributed by atoms with van der Waals surface area (Å²) < 4.78 is 17.7. The number of ether oxygens (including phenoxy) is 1. The van der Waals surface area contributed by atoms with Crippen LogP contribution in [-0.4, -0.2) is 26.2 Å². The van der Waals surface area contributed by atoms with Gasteiger partial charge in [-0.1, -0.05) is 19.1 Å². The van der Waals surface area contributed by atoms with Gasteiger partial charge in [-0.25, -0.2) is 4.39 Å². The number of nitrogens with one attached hydrogen (secondary N) is 1. The molecule has 2 unspecified atom stereocenters. The van der Waals surface area contributed by atoms with Crippen molar-refractivity contribution in [3.63, 3.8) is 0 Å². The average molecular weight is 237 g/mol. The summed E-state index contributed by atoms with van der Waals surface area (Å²) in [6.07, 6.45) is 0. The molecule has 3 nitrogen and oxygen atoms in total. The van der Waals surface area contributed by atoms with Gasteiger partial charge in [0.25, 0.3) is 0 Å². The fourth-order valence-electron chi connectivity index (χ4n) is 2.44. The zero-order valence-electron chi connectivity index (χ0n) is 10.00. The van der Waals surface area contributed by atoms with Crippen LogP contribution in [0.1, 0.15) is 12.5 Å². The molecule has 0 aromatic heterocycles. The van der Waals surface area contributed by atoms with Crippen LogP contribution in [0.15, 0.2) is 24.3 Å². The smallest absolute Gasteiger partial charge is 0.310 e. The van der Waals surface area contributed by atoms with Crippen molar-refractivity contribution in [1.29, 1.82) is 0 Å². The van der Waals surface area contributed by atoms with Crippen LogP contribution < -0.4 is 5.32 Å². The third-order valence-corrected chi connectivity index (χ3v) is 3.60. The molecule has 1 aromatic rings. The molecule has 0 amide bonds. The molecule has 0 aliphatic carbocycles. The van der Waals surface area contributed by atoms with Crippen molar-refractivity contribution in [2.45, 2.75) is 12.3 Å². The van der Waals surface area contributed by atoms with E-state index in [9.17, 15) is 9.18 Å². The average Bonchev–Trinajstić information content (AvgIpc) is 2.72. The monoisotopic (exact) mass is 237 g/mol. The van der Waals surface area contributed by atoms with Crippen LogP contribution in [0.5, 0.6) is 0 Å². The summed E-state index contributed by atoms with van der Waals surface area (Å²) in [5, 5.41) is 3.20. The summed E-state index contributed by atoms with van der Waals surface area (Å²) in [6.45, 7) is 3.29. The predicted octanol–water partition coefficient (Wildman–Crippen LogP) is 1.48. The van der Waals surface area contributed by atoms with Crippen LogP contribution in [0, 0.1) is 11.7 Å². The molecule has 4 heteroatoms. The SMILES string of the molecule is COC(=O)C1CNCC1(C)c1ccc(F)cc1. The lowest BCUT2D eigenvalue weighted by molar-refractivity contribution is -0.146. The topological polar surface area (TPSA) is 38.3 Å². The molecule has 0 radical (unpaired) electrons. The van der Waals surface area contributed by atoms with E-state index in [0.717, 1.165) is 5.56 Å². The summed E-state index contributed by atoms with van der Waals surface area (Å²) in [4.78, 5) is 11.7. The maximum atomic E-state index is 12.9. The molecular weight excluding hydrogens is 221 g/mol. The lowest BCUT2D eigenvalue weighted by atomic mass is 9.74. The highest BCUT2D eigenvalue weighted by Crippen LogP contribution is 2.35. The van der Waals surface area contributed by atoms with Crippen molar-refractivity contribution >= 4 is 5.97 Å². The molecular formula is C13H16FNO2. The van der Waals surface area contributed by atoms with Crippen molar-refractivity contribution in [2.24, 2.45) is 5.92 Å². The highest BCUT2D eigenvalue weighted by Gasteiger charge is 2.45. The van der Waals surface area contributed by atoms with Gasteiger partial charge >= 0.3 is 5.97 Å². The van der Waals surface area contributed by atoms with Crippen LogP contribution in [0.3, 0.4) is 0 Å². The number of hydrogen-bond donors (Lipinski definition) is 1. The zero-order chi connectivity index (χ0) is 12.5. The third-order valence-electron chi connectivity index (χ3n) is 3.60. The van der Waals surface area contributed by atoms with Crippen LogP contribution in [0.25, 0.3) is 0 Å². The van der Waals surface area contributed by atoms with Gasteiger partial charge in [0, 0.05) is 18.5 Å². The molecule has 1 heterocycles. The number of carbonyl (C=O) groups excluding carboxylic acids is 1. The van der Waals surface area contributed by atoms with Crippen LogP contribution in [0.4, 0.5) is 4.39 Å². The first-order chi connectivity index (χ1) is 8.08. The lowest BCUT2D eigenvalue weighted by Gasteiger charge is -2.29. The Hall–Kier alpha value is -1.42. The first-order valence-corrected chi connectivity index (χ1v) is 5.62. The fourth-order valence-corrected chi connectivity index (χ4v) is 2.44. The molecule has 2 atom stereocenters. The van der Waals surface area contributed by atoms with Crippen LogP contribution >= 0.6 is 0 Å². The predicted molar refractivity (Wildman–Crippen MR) is 62.1 cm³/mol. The van der Waals surface area contributed by atoms with E-state index in [1.165, 1.54) is 19.2 Å². The van der Waals surface area contributed by atoms with Crippen molar-refractivity contribution in [1.82, 2.24) is 5.32 Å². The Morgan fingerprint density at radius 3 is 2.71 bits per heavy atom. The fraction of sp³-hybridized carbons (Fsp3) is 0.462. The number of rotatable bonds is 2. The molecule has 0 spiro atoms. The molecule has 1 aromatic carbocycles. The van der Waals surface area contributed by atoms with Gasteiger partial charge in [0.05, 0.1) is 13.0 Å². The highest BCUT2D eigenvalue weighted by atomic mass is 19.1. The van der Waals surface area contributed by atoms with Crippen LogP contribution in [-0.2, 0) is 14.9 Å². The molecule has 1 saturated heterocycles. The zero-order valence-corrected chi connectivity index (χ0v) is 10.00. The maximum absolute atomic E-state index is 12.9. The van der Waals surface area contributed by atoms with E-state index >= 15 is 0 Å². The Kier molecular flexibility index (Phi) is 3.15. The number of hydrogen-bond acceptors (Lipinski definition) is 3. The quantitative estimate of drug-likeness (QED) is 0.792. The minimum absolute atomic E-state index is 0.221. The second-order valence-corrected chi connectivity index (χ2v) is 4.63. The first-order valence-electron chi connectivity index (χ1n) is 5.62. The first kappa shape index (κ1) is 12.0. The minimum Gasteiger partial charge on any atom is -0.469 e. The Bertz CT molecular complexity index is 418. The van der Waals surface area contributed by atoms with E-state index in [1.807, 2.05) is 6.92 Å². The summed E-state index contributed by atoms with van der Waals surface area (Å²) in [7, 11) is 1.39. The number of carbonyl (C=O) groups is 1. The van der Waals surface area contributed by atoms with Crippen molar-refractivity contribution in [3.8, 4) is 0 Å². The lowest BCUT2D eigenvalue weighted by Crippen LogP contribution is -2.37. The summed E-state index contributed by atoms with van der Waals surface area (Å²) in [5.41, 5.74) is 0.625. The molecule has 1 aliphatic heterocycles. The van der Waals surface area contributed by atoms with Crippen molar-refractivity contribution in [2.75, 3.05) is 20.2 Å². The van der Waals surface area contributed by atoms with E-state index in [2.05, 4.69) is 5.32 Å². The maximum Gasteiger partial charge on any atom is 0.310 e. The molecule has 1 aliphatic rings. The largest absolute Gasteiger partial charge is 0.469 e. The van der Waals surface area contributed by atoms with Gasteiger partial charge in [-0.15, -0.1) is 0 Å². The molecule has 0 bridgehead atoms.